The lowest BCUT2D eigenvalue weighted by atomic mass is 9.91. The van der Waals surface area contributed by atoms with Gasteiger partial charge in [-0.3, -0.25) is 14.5 Å². The van der Waals surface area contributed by atoms with E-state index in [-0.39, 0.29) is 36.1 Å². The quantitative estimate of drug-likeness (QED) is 0.373. The summed E-state index contributed by atoms with van der Waals surface area (Å²) in [5.74, 6) is -0.246. The van der Waals surface area contributed by atoms with Crippen molar-refractivity contribution in [3.8, 4) is 0 Å². The van der Waals surface area contributed by atoms with Gasteiger partial charge in [0.2, 0.25) is 0 Å². The first-order chi connectivity index (χ1) is 18.4. The van der Waals surface area contributed by atoms with Gasteiger partial charge >= 0.3 is 6.18 Å². The highest BCUT2D eigenvalue weighted by molar-refractivity contribution is 5.95. The van der Waals surface area contributed by atoms with Crippen molar-refractivity contribution >= 4 is 11.7 Å². The SMILES string of the molecule is CC.Cc1ccc(C(=O)NCCC(O)CN2CCC(c3cccc(C(F)(F)F)c3)C2C)cc1CC(=O)C(C)C. The molecule has 1 aliphatic rings. The molecule has 1 saturated heterocycles. The van der Waals surface area contributed by atoms with E-state index in [2.05, 4.69) is 10.2 Å². The summed E-state index contributed by atoms with van der Waals surface area (Å²) in [5.41, 5.74) is 2.30. The molecule has 0 saturated carbocycles. The summed E-state index contributed by atoms with van der Waals surface area (Å²) < 4.78 is 39.3. The number of likely N-dealkylation sites (tertiary alicyclic amines) is 1. The number of nitrogens with zero attached hydrogens (tertiary/aromatic N) is 1. The Morgan fingerprint density at radius 1 is 1.13 bits per heavy atom. The molecule has 1 aliphatic heterocycles. The third-order valence-corrected chi connectivity index (χ3v) is 7.36. The van der Waals surface area contributed by atoms with Gasteiger partial charge in [0.05, 0.1) is 11.7 Å². The minimum absolute atomic E-state index is 0.00717. The number of carbonyl (C=O) groups is 2. The number of hydrogen-bond donors (Lipinski definition) is 2. The van der Waals surface area contributed by atoms with Crippen molar-refractivity contribution < 1.29 is 27.9 Å². The van der Waals surface area contributed by atoms with Crippen LogP contribution in [0.15, 0.2) is 42.5 Å². The van der Waals surface area contributed by atoms with E-state index in [9.17, 15) is 27.9 Å². The molecule has 2 aromatic rings. The Bertz CT molecular complexity index is 1100. The van der Waals surface area contributed by atoms with Gasteiger partial charge in [0, 0.05) is 43.0 Å². The average Bonchev–Trinajstić information content (AvgIpc) is 3.25. The Labute approximate surface area is 230 Å². The van der Waals surface area contributed by atoms with Crippen LogP contribution in [0.1, 0.15) is 86.0 Å². The zero-order valence-electron chi connectivity index (χ0n) is 23.9. The van der Waals surface area contributed by atoms with Gasteiger partial charge in [-0.2, -0.15) is 13.2 Å². The predicted molar refractivity (Wildman–Crippen MR) is 149 cm³/mol. The first-order valence-corrected chi connectivity index (χ1v) is 13.9. The van der Waals surface area contributed by atoms with Crippen LogP contribution in [0.2, 0.25) is 0 Å². The Morgan fingerprint density at radius 3 is 2.46 bits per heavy atom. The largest absolute Gasteiger partial charge is 0.416 e. The lowest BCUT2D eigenvalue weighted by Gasteiger charge is -2.27. The highest BCUT2D eigenvalue weighted by Crippen LogP contribution is 2.36. The number of halogens is 3. The second-order valence-corrected chi connectivity index (χ2v) is 10.4. The van der Waals surface area contributed by atoms with Gasteiger partial charge in [0.1, 0.15) is 5.78 Å². The van der Waals surface area contributed by atoms with Crippen molar-refractivity contribution in [2.75, 3.05) is 19.6 Å². The number of aliphatic hydroxyl groups excluding tert-OH is 1. The average molecular weight is 549 g/mol. The molecule has 1 heterocycles. The van der Waals surface area contributed by atoms with E-state index in [1.54, 1.807) is 18.2 Å². The van der Waals surface area contributed by atoms with Gasteiger partial charge in [-0.25, -0.2) is 0 Å². The van der Waals surface area contributed by atoms with E-state index in [1.165, 1.54) is 12.1 Å². The van der Waals surface area contributed by atoms with Crippen LogP contribution in [0.25, 0.3) is 0 Å². The van der Waals surface area contributed by atoms with Crippen LogP contribution >= 0.6 is 0 Å². The number of nitrogens with one attached hydrogen (secondary N) is 1. The van der Waals surface area contributed by atoms with E-state index in [1.807, 2.05) is 47.6 Å². The summed E-state index contributed by atoms with van der Waals surface area (Å²) in [4.78, 5) is 26.9. The number of Topliss-reactive ketones (excluding diaryl/α,β-unsaturated/α-hetero) is 1. The van der Waals surface area contributed by atoms with Gasteiger partial charge in [0.25, 0.3) is 5.91 Å². The molecule has 2 aromatic carbocycles. The number of aryl methyl sites for hydroxylation is 1. The number of carbonyl (C=O) groups excluding carboxylic acids is 2. The molecule has 3 rings (SSSR count). The Hall–Kier alpha value is -2.71. The second kappa shape index (κ2) is 14.6. The third kappa shape index (κ3) is 9.17. The lowest BCUT2D eigenvalue weighted by Crippen LogP contribution is -2.38. The number of amides is 1. The van der Waals surface area contributed by atoms with E-state index in [0.717, 1.165) is 23.6 Å². The predicted octanol–water partition coefficient (Wildman–Crippen LogP) is 6.17. The van der Waals surface area contributed by atoms with Crippen molar-refractivity contribution in [3.05, 3.63) is 70.3 Å². The Balaban J connectivity index is 0.00000260. The topological polar surface area (TPSA) is 69.6 Å². The molecule has 1 fully saturated rings. The maximum Gasteiger partial charge on any atom is 0.416 e. The molecule has 0 aliphatic carbocycles. The number of aliphatic hydroxyl groups is 1. The summed E-state index contributed by atoms with van der Waals surface area (Å²) in [6.07, 6.45) is -3.68. The van der Waals surface area contributed by atoms with E-state index < -0.39 is 17.8 Å². The number of benzene rings is 2. The molecule has 0 radical (unpaired) electrons. The first-order valence-electron chi connectivity index (χ1n) is 13.9. The summed E-state index contributed by atoms with van der Waals surface area (Å²) in [7, 11) is 0. The molecule has 0 aromatic heterocycles. The fourth-order valence-corrected chi connectivity index (χ4v) is 4.86. The van der Waals surface area contributed by atoms with Crippen LogP contribution in [0, 0.1) is 12.8 Å². The molecule has 3 unspecified atom stereocenters. The molecule has 2 N–H and O–H groups in total. The summed E-state index contributed by atoms with van der Waals surface area (Å²) in [5, 5.41) is 13.4. The molecule has 216 valence electrons. The van der Waals surface area contributed by atoms with Crippen LogP contribution in [-0.2, 0) is 17.4 Å². The maximum atomic E-state index is 13.1. The molecule has 5 nitrogen and oxygen atoms in total. The fraction of sp³-hybridized carbons (Fsp3) is 0.548. The van der Waals surface area contributed by atoms with Crippen molar-refractivity contribution in [1.29, 1.82) is 0 Å². The zero-order chi connectivity index (χ0) is 29.3. The van der Waals surface area contributed by atoms with E-state index >= 15 is 0 Å². The van der Waals surface area contributed by atoms with Crippen LogP contribution in [-0.4, -0.2) is 53.5 Å². The lowest BCUT2D eigenvalue weighted by molar-refractivity contribution is -0.137. The Kier molecular flexibility index (Phi) is 12.2. The second-order valence-electron chi connectivity index (χ2n) is 10.4. The van der Waals surface area contributed by atoms with Gasteiger partial charge in [0.15, 0.2) is 0 Å². The van der Waals surface area contributed by atoms with Gasteiger partial charge in [-0.05, 0) is 68.1 Å². The van der Waals surface area contributed by atoms with Crippen LogP contribution in [0.4, 0.5) is 13.2 Å². The number of alkyl halides is 3. The Morgan fingerprint density at radius 2 is 1.82 bits per heavy atom. The summed E-state index contributed by atoms with van der Waals surface area (Å²) >= 11 is 0. The van der Waals surface area contributed by atoms with Crippen molar-refractivity contribution in [2.45, 2.75) is 85.0 Å². The fourth-order valence-electron chi connectivity index (χ4n) is 4.86. The molecule has 0 spiro atoms. The number of rotatable bonds is 10. The molecule has 0 bridgehead atoms. The molecule has 39 heavy (non-hydrogen) atoms. The number of hydrogen-bond acceptors (Lipinski definition) is 4. The van der Waals surface area contributed by atoms with Crippen LogP contribution < -0.4 is 5.32 Å². The van der Waals surface area contributed by atoms with Gasteiger partial charge in [-0.1, -0.05) is 52.0 Å². The minimum Gasteiger partial charge on any atom is -0.392 e. The van der Waals surface area contributed by atoms with E-state index in [0.29, 0.717) is 37.1 Å². The third-order valence-electron chi connectivity index (χ3n) is 7.36. The molecule has 3 atom stereocenters. The monoisotopic (exact) mass is 548 g/mol. The number of ketones is 1. The molecule has 1 amide bonds. The van der Waals surface area contributed by atoms with Crippen molar-refractivity contribution in [2.24, 2.45) is 5.92 Å². The number of β-amino-alcohol motifs (C(OH)–C–C–N with tert-alkyl or cyclic N) is 1. The van der Waals surface area contributed by atoms with Crippen molar-refractivity contribution in [1.82, 2.24) is 10.2 Å². The van der Waals surface area contributed by atoms with Crippen LogP contribution in [0.5, 0.6) is 0 Å². The highest BCUT2D eigenvalue weighted by Gasteiger charge is 2.35. The minimum atomic E-state index is -4.37. The normalized spacial score (nSPS) is 18.4. The van der Waals surface area contributed by atoms with E-state index in [4.69, 9.17) is 0 Å². The molecule has 8 heteroatoms. The highest BCUT2D eigenvalue weighted by atomic mass is 19.4. The zero-order valence-corrected chi connectivity index (χ0v) is 23.9. The first kappa shape index (κ1) is 32.5. The molecular formula is C31H43F3N2O3. The van der Waals surface area contributed by atoms with Crippen molar-refractivity contribution in [3.63, 3.8) is 0 Å². The van der Waals surface area contributed by atoms with Gasteiger partial charge in [-0.15, -0.1) is 0 Å². The smallest absolute Gasteiger partial charge is 0.392 e. The molecular weight excluding hydrogens is 505 g/mol. The summed E-state index contributed by atoms with van der Waals surface area (Å²) in [6.45, 7) is 13.0. The maximum absolute atomic E-state index is 13.1. The standard InChI is InChI=1S/C29H37F3N2O3.C2H6/c1-18(2)27(36)16-23-14-22(9-8-19(23)3)28(37)33-12-10-25(35)17-34-13-11-26(20(34)4)21-6-5-7-24(15-21)29(30,31)32;1-2/h5-9,14-15,18,20,25-26,35H,10-13,16-17H2,1-4H3,(H,33,37);1-2H3. The van der Waals surface area contributed by atoms with Crippen LogP contribution in [0.3, 0.4) is 0 Å². The summed E-state index contributed by atoms with van der Waals surface area (Å²) in [6, 6.07) is 10.8. The van der Waals surface area contributed by atoms with Gasteiger partial charge < -0.3 is 10.4 Å².